The van der Waals surface area contributed by atoms with E-state index >= 15 is 0 Å². The molecule has 0 bridgehead atoms. The van der Waals surface area contributed by atoms with Crippen LogP contribution >= 0.6 is 0 Å². The third-order valence-electron chi connectivity index (χ3n) is 6.06. The predicted octanol–water partition coefficient (Wildman–Crippen LogP) is 5.41. The van der Waals surface area contributed by atoms with Crippen LogP contribution in [-0.2, 0) is 24.2 Å². The molecule has 1 aromatic heterocycles. The molecule has 1 N–H and O–H groups in total. The molecule has 3 aromatic carbocycles. The van der Waals surface area contributed by atoms with Gasteiger partial charge in [0.25, 0.3) is 0 Å². The van der Waals surface area contributed by atoms with E-state index in [1.165, 1.54) is 5.56 Å². The lowest BCUT2D eigenvalue weighted by molar-refractivity contribution is -0.120. The highest BCUT2D eigenvalue weighted by atomic mass is 16.5. The normalized spacial score (nSPS) is 11.0. The number of fused-ring (bicyclic) bond motifs is 1. The van der Waals surface area contributed by atoms with Gasteiger partial charge in [0.1, 0.15) is 11.6 Å². The van der Waals surface area contributed by atoms with Crippen LogP contribution in [0.3, 0.4) is 0 Å². The molecular weight excluding hydrogens is 422 g/mol. The van der Waals surface area contributed by atoms with Gasteiger partial charge in [-0.1, -0.05) is 54.1 Å². The van der Waals surface area contributed by atoms with Crippen molar-refractivity contribution in [3.63, 3.8) is 0 Å². The van der Waals surface area contributed by atoms with E-state index in [9.17, 15) is 4.79 Å². The topological polar surface area (TPSA) is 56.1 Å². The smallest absolute Gasteiger partial charge is 0.224 e. The molecule has 5 heteroatoms. The first-order valence-electron chi connectivity index (χ1n) is 12.0. The largest absolute Gasteiger partial charge is 0.494 e. The molecule has 0 spiro atoms. The van der Waals surface area contributed by atoms with Gasteiger partial charge in [0.05, 0.1) is 24.1 Å². The van der Waals surface area contributed by atoms with Crippen molar-refractivity contribution in [3.8, 4) is 5.75 Å². The Kier molecular flexibility index (Phi) is 7.97. The van der Waals surface area contributed by atoms with Gasteiger partial charge in [-0.15, -0.1) is 0 Å². The molecule has 0 aliphatic heterocycles. The maximum atomic E-state index is 12.3. The molecular formula is C29H33N3O2. The number of hydrogen-bond acceptors (Lipinski definition) is 3. The number of rotatable bonds is 11. The lowest BCUT2D eigenvalue weighted by atomic mass is 10.1. The Morgan fingerprint density at radius 1 is 0.941 bits per heavy atom. The van der Waals surface area contributed by atoms with Crippen LogP contribution in [0, 0.1) is 13.8 Å². The van der Waals surface area contributed by atoms with E-state index in [1.807, 2.05) is 49.4 Å². The summed E-state index contributed by atoms with van der Waals surface area (Å²) in [6.07, 6.45) is 2.99. The molecule has 0 fully saturated rings. The van der Waals surface area contributed by atoms with Crippen molar-refractivity contribution in [1.82, 2.24) is 14.9 Å². The molecule has 34 heavy (non-hydrogen) atoms. The van der Waals surface area contributed by atoms with Gasteiger partial charge in [-0.05, 0) is 62.1 Å². The minimum Gasteiger partial charge on any atom is -0.494 e. The second kappa shape index (κ2) is 11.5. The molecule has 4 aromatic rings. The van der Waals surface area contributed by atoms with E-state index in [0.717, 1.165) is 59.5 Å². The Balaban J connectivity index is 1.29. The highest BCUT2D eigenvalue weighted by molar-refractivity contribution is 5.79. The number of carbonyl (C=O) groups is 1. The average Bonchev–Trinajstić information content (AvgIpc) is 3.19. The molecule has 5 nitrogen and oxygen atoms in total. The summed E-state index contributed by atoms with van der Waals surface area (Å²) in [6, 6.07) is 24.4. The van der Waals surface area contributed by atoms with Crippen LogP contribution < -0.4 is 10.1 Å². The van der Waals surface area contributed by atoms with E-state index in [0.29, 0.717) is 19.6 Å². The first-order valence-corrected chi connectivity index (χ1v) is 12.0. The number of aromatic nitrogens is 2. The summed E-state index contributed by atoms with van der Waals surface area (Å²) in [5.74, 6) is 2.03. The second-order valence-corrected chi connectivity index (χ2v) is 8.74. The molecule has 4 rings (SSSR count). The molecule has 1 amide bonds. The van der Waals surface area contributed by atoms with Crippen LogP contribution in [0.5, 0.6) is 5.75 Å². The van der Waals surface area contributed by atoms with Crippen molar-refractivity contribution in [3.05, 3.63) is 95.3 Å². The molecule has 0 saturated carbocycles. The maximum absolute atomic E-state index is 12.3. The molecule has 0 atom stereocenters. The second-order valence-electron chi connectivity index (χ2n) is 8.74. The standard InChI is InChI=1S/C29H33N3O2/c1-22-14-16-25(17-15-22)34-20-8-19-32-27-12-6-5-11-26(27)31-28(32)13-7-18-30-29(33)21-24-10-4-3-9-23(24)2/h3-6,9-12,14-17H,7-8,13,18-21H2,1-2H3,(H,30,33). The number of hydrogen-bond donors (Lipinski definition) is 1. The van der Waals surface area contributed by atoms with Crippen LogP contribution in [-0.4, -0.2) is 28.6 Å². The summed E-state index contributed by atoms with van der Waals surface area (Å²) < 4.78 is 8.21. The summed E-state index contributed by atoms with van der Waals surface area (Å²) in [7, 11) is 0. The van der Waals surface area contributed by atoms with E-state index in [4.69, 9.17) is 9.72 Å². The van der Waals surface area contributed by atoms with Gasteiger partial charge < -0.3 is 14.6 Å². The fourth-order valence-corrected chi connectivity index (χ4v) is 4.13. The van der Waals surface area contributed by atoms with Gasteiger partial charge >= 0.3 is 0 Å². The zero-order valence-electron chi connectivity index (χ0n) is 20.1. The fourth-order valence-electron chi connectivity index (χ4n) is 4.13. The van der Waals surface area contributed by atoms with Gasteiger partial charge in [-0.2, -0.15) is 0 Å². The Bertz CT molecular complexity index is 1230. The van der Waals surface area contributed by atoms with Crippen molar-refractivity contribution in [2.45, 2.75) is 46.1 Å². The number of nitrogens with one attached hydrogen (secondary N) is 1. The third kappa shape index (κ3) is 6.25. The third-order valence-corrected chi connectivity index (χ3v) is 6.06. The van der Waals surface area contributed by atoms with E-state index in [2.05, 4.69) is 47.1 Å². The first-order chi connectivity index (χ1) is 16.6. The summed E-state index contributed by atoms with van der Waals surface area (Å²) in [4.78, 5) is 17.2. The number of amides is 1. The van der Waals surface area contributed by atoms with Crippen molar-refractivity contribution >= 4 is 16.9 Å². The summed E-state index contributed by atoms with van der Waals surface area (Å²) >= 11 is 0. The number of nitrogens with zero attached hydrogens (tertiary/aromatic N) is 2. The van der Waals surface area contributed by atoms with Crippen LogP contribution in [0.25, 0.3) is 11.0 Å². The van der Waals surface area contributed by atoms with Crippen LogP contribution in [0.1, 0.15) is 35.4 Å². The number of para-hydroxylation sites is 2. The SMILES string of the molecule is Cc1ccc(OCCCn2c(CCCNC(=O)Cc3ccccc3C)nc3ccccc32)cc1. The molecule has 0 aliphatic carbocycles. The Morgan fingerprint density at radius 2 is 1.71 bits per heavy atom. The number of aryl methyl sites for hydroxylation is 4. The minimum atomic E-state index is 0.0658. The van der Waals surface area contributed by atoms with Crippen molar-refractivity contribution in [1.29, 1.82) is 0 Å². The van der Waals surface area contributed by atoms with E-state index in [1.54, 1.807) is 0 Å². The summed E-state index contributed by atoms with van der Waals surface area (Å²) in [5, 5.41) is 3.06. The predicted molar refractivity (Wildman–Crippen MR) is 137 cm³/mol. The summed E-state index contributed by atoms with van der Waals surface area (Å²) in [5.41, 5.74) is 5.62. The van der Waals surface area contributed by atoms with Gasteiger partial charge in [-0.3, -0.25) is 4.79 Å². The van der Waals surface area contributed by atoms with Gasteiger partial charge in [0, 0.05) is 19.5 Å². The van der Waals surface area contributed by atoms with Crippen molar-refractivity contribution < 1.29 is 9.53 Å². The van der Waals surface area contributed by atoms with Gasteiger partial charge in [0.2, 0.25) is 5.91 Å². The highest BCUT2D eigenvalue weighted by Crippen LogP contribution is 2.18. The first kappa shape index (κ1) is 23.6. The molecule has 0 saturated heterocycles. The quantitative estimate of drug-likeness (QED) is 0.308. The Morgan fingerprint density at radius 3 is 2.53 bits per heavy atom. The van der Waals surface area contributed by atoms with E-state index < -0.39 is 0 Å². The molecule has 1 heterocycles. The van der Waals surface area contributed by atoms with Crippen LogP contribution in [0.4, 0.5) is 0 Å². The molecule has 176 valence electrons. The highest BCUT2D eigenvalue weighted by Gasteiger charge is 2.11. The zero-order valence-corrected chi connectivity index (χ0v) is 20.1. The molecule has 0 aliphatic rings. The van der Waals surface area contributed by atoms with Gasteiger partial charge in [-0.25, -0.2) is 4.98 Å². The molecule has 0 radical (unpaired) electrons. The van der Waals surface area contributed by atoms with Crippen LogP contribution in [0.2, 0.25) is 0 Å². The van der Waals surface area contributed by atoms with E-state index in [-0.39, 0.29) is 5.91 Å². The fraction of sp³-hybridized carbons (Fsp3) is 0.310. The summed E-state index contributed by atoms with van der Waals surface area (Å²) in [6.45, 7) is 6.26. The van der Waals surface area contributed by atoms with Gasteiger partial charge in [0.15, 0.2) is 0 Å². The average molecular weight is 456 g/mol. The lowest BCUT2D eigenvalue weighted by Crippen LogP contribution is -2.26. The number of imidazole rings is 1. The monoisotopic (exact) mass is 455 g/mol. The molecule has 0 unspecified atom stereocenters. The number of carbonyl (C=O) groups excluding carboxylic acids is 1. The maximum Gasteiger partial charge on any atom is 0.224 e. The minimum absolute atomic E-state index is 0.0658. The lowest BCUT2D eigenvalue weighted by Gasteiger charge is -2.11. The van der Waals surface area contributed by atoms with Crippen LogP contribution in [0.15, 0.2) is 72.8 Å². The Labute approximate surface area is 201 Å². The number of ether oxygens (including phenoxy) is 1. The number of benzene rings is 3. The zero-order chi connectivity index (χ0) is 23.8. The van der Waals surface area contributed by atoms with Crippen molar-refractivity contribution in [2.24, 2.45) is 0 Å². The van der Waals surface area contributed by atoms with Crippen molar-refractivity contribution in [2.75, 3.05) is 13.2 Å². The Hall–Kier alpha value is -3.60.